The number of carbonyl (C=O) groups is 1. The van der Waals surface area contributed by atoms with Gasteiger partial charge in [-0.3, -0.25) is 4.79 Å². The van der Waals surface area contributed by atoms with Crippen LogP contribution in [0.25, 0.3) is 0 Å². The zero-order chi connectivity index (χ0) is 21.8. The smallest absolute Gasteiger partial charge is 0.339 e. The quantitative estimate of drug-likeness (QED) is 0.539. The maximum Gasteiger partial charge on any atom is 0.339 e. The van der Waals surface area contributed by atoms with Crippen molar-refractivity contribution < 1.29 is 21.8 Å². The summed E-state index contributed by atoms with van der Waals surface area (Å²) in [4.78, 5) is 14.2. The molecular formula is C21H25ClFNO4S. The van der Waals surface area contributed by atoms with Gasteiger partial charge in [0, 0.05) is 29.1 Å². The topological polar surface area (TPSA) is 63.7 Å². The molecule has 158 valence electrons. The fourth-order valence-corrected chi connectivity index (χ4v) is 3.87. The lowest BCUT2D eigenvalue weighted by atomic mass is 10.1. The van der Waals surface area contributed by atoms with Crippen LogP contribution in [0.1, 0.15) is 39.7 Å². The molecule has 8 heteroatoms. The van der Waals surface area contributed by atoms with Crippen LogP contribution in [0, 0.1) is 11.7 Å². The van der Waals surface area contributed by atoms with Gasteiger partial charge < -0.3 is 9.08 Å². The first kappa shape index (κ1) is 23.2. The molecule has 0 saturated heterocycles. The number of hydrogen-bond acceptors (Lipinski definition) is 4. The SMILES string of the molecule is CCC(C)N(Cc1cc(Cl)ccc1OS(=O)(=O)c1ccc(F)cc1)C(=O)C(C)C. The van der Waals surface area contributed by atoms with E-state index in [1.54, 1.807) is 11.0 Å². The van der Waals surface area contributed by atoms with Crippen molar-refractivity contribution in [3.05, 3.63) is 58.9 Å². The Morgan fingerprint density at radius 1 is 1.14 bits per heavy atom. The molecule has 1 unspecified atom stereocenters. The van der Waals surface area contributed by atoms with Gasteiger partial charge in [-0.1, -0.05) is 32.4 Å². The van der Waals surface area contributed by atoms with E-state index in [2.05, 4.69) is 0 Å². The predicted molar refractivity (Wildman–Crippen MR) is 111 cm³/mol. The van der Waals surface area contributed by atoms with Gasteiger partial charge in [-0.2, -0.15) is 8.42 Å². The second kappa shape index (κ2) is 9.59. The number of carbonyl (C=O) groups excluding carboxylic acids is 1. The van der Waals surface area contributed by atoms with E-state index in [0.717, 1.165) is 30.7 Å². The molecule has 2 aromatic rings. The summed E-state index contributed by atoms with van der Waals surface area (Å²) in [6.07, 6.45) is 0.739. The fourth-order valence-electron chi connectivity index (χ4n) is 2.71. The van der Waals surface area contributed by atoms with Crippen LogP contribution < -0.4 is 4.18 Å². The van der Waals surface area contributed by atoms with Gasteiger partial charge in [-0.15, -0.1) is 0 Å². The third kappa shape index (κ3) is 5.93. The van der Waals surface area contributed by atoms with Crippen LogP contribution in [-0.2, 0) is 21.5 Å². The molecule has 29 heavy (non-hydrogen) atoms. The summed E-state index contributed by atoms with van der Waals surface area (Å²) in [7, 11) is -4.18. The van der Waals surface area contributed by atoms with Crippen molar-refractivity contribution in [1.82, 2.24) is 4.90 Å². The maximum absolute atomic E-state index is 13.1. The molecule has 0 aromatic heterocycles. The van der Waals surface area contributed by atoms with Crippen LogP contribution in [-0.4, -0.2) is 25.3 Å². The minimum Gasteiger partial charge on any atom is -0.379 e. The maximum atomic E-state index is 13.1. The lowest BCUT2D eigenvalue weighted by Crippen LogP contribution is -2.40. The van der Waals surface area contributed by atoms with Crippen LogP contribution in [0.4, 0.5) is 4.39 Å². The summed E-state index contributed by atoms with van der Waals surface area (Å²) < 4.78 is 43.7. The Kier molecular flexibility index (Phi) is 7.66. The molecule has 2 aromatic carbocycles. The summed E-state index contributed by atoms with van der Waals surface area (Å²) in [6, 6.07) is 8.86. The first-order valence-corrected chi connectivity index (χ1v) is 11.1. The molecule has 1 atom stereocenters. The number of halogens is 2. The van der Waals surface area contributed by atoms with Gasteiger partial charge in [-0.05, 0) is 55.8 Å². The normalized spacial score (nSPS) is 12.7. The number of benzene rings is 2. The van der Waals surface area contributed by atoms with E-state index >= 15 is 0 Å². The first-order chi connectivity index (χ1) is 13.5. The summed E-state index contributed by atoms with van der Waals surface area (Å²) in [5.74, 6) is -0.738. The molecule has 0 heterocycles. The minimum absolute atomic E-state index is 0.0494. The van der Waals surface area contributed by atoms with Crippen LogP contribution >= 0.6 is 11.6 Å². The molecule has 0 bridgehead atoms. The third-order valence-electron chi connectivity index (χ3n) is 4.56. The Balaban J connectivity index is 2.40. The van der Waals surface area contributed by atoms with Gasteiger partial charge in [0.15, 0.2) is 0 Å². The van der Waals surface area contributed by atoms with Gasteiger partial charge in [0.25, 0.3) is 0 Å². The first-order valence-electron chi connectivity index (χ1n) is 9.34. The van der Waals surface area contributed by atoms with Crippen molar-refractivity contribution in [2.75, 3.05) is 0 Å². The molecular weight excluding hydrogens is 417 g/mol. The van der Waals surface area contributed by atoms with Gasteiger partial charge in [0.05, 0.1) is 0 Å². The summed E-state index contributed by atoms with van der Waals surface area (Å²) >= 11 is 6.11. The molecule has 1 amide bonds. The van der Waals surface area contributed by atoms with Gasteiger partial charge in [0.2, 0.25) is 5.91 Å². The van der Waals surface area contributed by atoms with Gasteiger partial charge in [-0.25, -0.2) is 4.39 Å². The standard InChI is InChI=1S/C21H25ClFNO4S/c1-5-15(4)24(21(25)14(2)3)13-16-12-17(22)6-11-20(16)28-29(26,27)19-9-7-18(23)8-10-19/h6-12,14-15H,5,13H2,1-4H3. The van der Waals surface area contributed by atoms with Crippen molar-refractivity contribution in [3.63, 3.8) is 0 Å². The summed E-state index contributed by atoms with van der Waals surface area (Å²) in [6.45, 7) is 7.68. The molecule has 2 rings (SSSR count). The predicted octanol–water partition coefficient (Wildman–Crippen LogP) is 5.03. The van der Waals surface area contributed by atoms with Crippen molar-refractivity contribution in [3.8, 4) is 5.75 Å². The summed E-state index contributed by atoms with van der Waals surface area (Å²) in [5, 5.41) is 0.396. The van der Waals surface area contributed by atoms with Gasteiger partial charge >= 0.3 is 10.1 Å². The number of hydrogen-bond donors (Lipinski definition) is 0. The monoisotopic (exact) mass is 441 g/mol. The number of amides is 1. The molecule has 0 N–H and O–H groups in total. The molecule has 0 spiro atoms. The molecule has 0 fully saturated rings. The number of rotatable bonds is 8. The highest BCUT2D eigenvalue weighted by Gasteiger charge is 2.25. The van der Waals surface area contributed by atoms with E-state index in [1.807, 2.05) is 27.7 Å². The highest BCUT2D eigenvalue weighted by atomic mass is 35.5. The Labute approximate surface area is 176 Å². The zero-order valence-corrected chi connectivity index (χ0v) is 18.4. The largest absolute Gasteiger partial charge is 0.379 e. The Bertz CT molecular complexity index is 961. The highest BCUT2D eigenvalue weighted by Crippen LogP contribution is 2.29. The third-order valence-corrected chi connectivity index (χ3v) is 6.05. The average Bonchev–Trinajstić information content (AvgIpc) is 2.67. The van der Waals surface area contributed by atoms with Crippen molar-refractivity contribution >= 4 is 27.6 Å². The lowest BCUT2D eigenvalue weighted by Gasteiger charge is -2.31. The van der Waals surface area contributed by atoms with E-state index < -0.39 is 15.9 Å². The van der Waals surface area contributed by atoms with Crippen LogP contribution in [0.15, 0.2) is 47.4 Å². The van der Waals surface area contributed by atoms with E-state index in [-0.39, 0.29) is 35.1 Å². The zero-order valence-electron chi connectivity index (χ0n) is 16.9. The van der Waals surface area contributed by atoms with Crippen molar-refractivity contribution in [2.45, 2.75) is 51.6 Å². The van der Waals surface area contributed by atoms with E-state index in [1.165, 1.54) is 12.1 Å². The minimum atomic E-state index is -4.18. The van der Waals surface area contributed by atoms with Crippen molar-refractivity contribution in [2.24, 2.45) is 5.92 Å². The fraction of sp³-hybridized carbons (Fsp3) is 0.381. The second-order valence-corrected chi connectivity index (χ2v) is 9.10. The molecule has 0 aliphatic rings. The second-order valence-electron chi connectivity index (χ2n) is 7.12. The van der Waals surface area contributed by atoms with Gasteiger partial charge in [0.1, 0.15) is 16.5 Å². The van der Waals surface area contributed by atoms with Crippen LogP contribution in [0.3, 0.4) is 0 Å². The molecule has 0 saturated carbocycles. The van der Waals surface area contributed by atoms with E-state index in [9.17, 15) is 17.6 Å². The van der Waals surface area contributed by atoms with Crippen LogP contribution in [0.2, 0.25) is 5.02 Å². The molecule has 0 aliphatic heterocycles. The van der Waals surface area contributed by atoms with E-state index in [0.29, 0.717) is 10.6 Å². The summed E-state index contributed by atoms with van der Waals surface area (Å²) in [5.41, 5.74) is 0.470. The molecule has 5 nitrogen and oxygen atoms in total. The Morgan fingerprint density at radius 2 is 1.76 bits per heavy atom. The Hall–Kier alpha value is -2.12. The lowest BCUT2D eigenvalue weighted by molar-refractivity contribution is -0.137. The van der Waals surface area contributed by atoms with Crippen LogP contribution in [0.5, 0.6) is 5.75 Å². The molecule has 0 aliphatic carbocycles. The molecule has 0 radical (unpaired) electrons. The Morgan fingerprint density at radius 3 is 2.31 bits per heavy atom. The van der Waals surface area contributed by atoms with E-state index in [4.69, 9.17) is 15.8 Å². The highest BCUT2D eigenvalue weighted by molar-refractivity contribution is 7.87. The van der Waals surface area contributed by atoms with Crippen molar-refractivity contribution in [1.29, 1.82) is 0 Å². The number of nitrogens with zero attached hydrogens (tertiary/aromatic N) is 1. The average molecular weight is 442 g/mol.